The number of hydrogen-bond acceptors (Lipinski definition) is 8. The molecule has 0 aromatic carbocycles. The zero-order chi connectivity index (χ0) is 24.1. The third-order valence-corrected chi connectivity index (χ3v) is 6.35. The minimum absolute atomic E-state index is 0. The maximum Gasteiger partial charge on any atom is 0.314 e. The molecule has 11 nitrogen and oxygen atoms in total. The van der Waals surface area contributed by atoms with E-state index in [1.807, 2.05) is 7.05 Å². The molecule has 0 saturated heterocycles. The molecule has 4 amide bonds. The first-order valence-electron chi connectivity index (χ1n) is 10.0. The average Bonchev–Trinajstić information content (AvgIpc) is 3.20. The number of anilines is 1. The Morgan fingerprint density at radius 3 is 2.62 bits per heavy atom. The lowest BCUT2D eigenvalue weighted by Gasteiger charge is -2.21. The topological polar surface area (TPSA) is 137 Å². The number of carbonyl (C=O) groups excluding carboxylic acids is 4. The van der Waals surface area contributed by atoms with Crippen molar-refractivity contribution in [3.05, 3.63) is 38.4 Å². The Balaban J connectivity index is 0.00000408. The van der Waals surface area contributed by atoms with Crippen LogP contribution in [0.4, 0.5) is 5.82 Å². The summed E-state index contributed by atoms with van der Waals surface area (Å²) in [5.41, 5.74) is 0.894. The Hall–Kier alpha value is -2.61. The van der Waals surface area contributed by atoms with E-state index in [9.17, 15) is 19.2 Å². The van der Waals surface area contributed by atoms with Gasteiger partial charge in [0.25, 0.3) is 5.91 Å². The SMILES string of the molecule is CN1CCc2nc(C(=O)N[C@@H](CNC(=O)C(=O)Nc3ccc(Br)cn3)C(=O)N(C)C)sc2C1.Cl. The van der Waals surface area contributed by atoms with Gasteiger partial charge in [-0.15, -0.1) is 23.7 Å². The lowest BCUT2D eigenvalue weighted by molar-refractivity contribution is -0.136. The maximum atomic E-state index is 12.8. The van der Waals surface area contributed by atoms with Crippen LogP contribution in [-0.4, -0.2) is 83.7 Å². The van der Waals surface area contributed by atoms with E-state index in [1.165, 1.54) is 42.6 Å². The van der Waals surface area contributed by atoms with E-state index in [0.29, 0.717) is 0 Å². The minimum Gasteiger partial charge on any atom is -0.347 e. The smallest absolute Gasteiger partial charge is 0.314 e. The molecule has 3 heterocycles. The van der Waals surface area contributed by atoms with E-state index in [-0.39, 0.29) is 29.8 Å². The highest BCUT2D eigenvalue weighted by atomic mass is 79.9. The summed E-state index contributed by atoms with van der Waals surface area (Å²) in [4.78, 5) is 62.5. The molecule has 2 aromatic heterocycles. The van der Waals surface area contributed by atoms with Crippen molar-refractivity contribution in [2.24, 2.45) is 0 Å². The van der Waals surface area contributed by atoms with Gasteiger partial charge in [0.15, 0.2) is 5.01 Å². The number of pyridine rings is 1. The van der Waals surface area contributed by atoms with Crippen molar-refractivity contribution < 1.29 is 19.2 Å². The fourth-order valence-electron chi connectivity index (χ4n) is 3.05. The lowest BCUT2D eigenvalue weighted by Crippen LogP contribution is -2.53. The second-order valence-corrected chi connectivity index (χ2v) is 9.66. The van der Waals surface area contributed by atoms with Gasteiger partial charge in [-0.3, -0.25) is 19.2 Å². The minimum atomic E-state index is -1.07. The molecule has 0 unspecified atom stereocenters. The predicted molar refractivity (Wildman–Crippen MR) is 133 cm³/mol. The van der Waals surface area contributed by atoms with Crippen molar-refractivity contribution >= 4 is 69.1 Å². The number of hydrogen-bond donors (Lipinski definition) is 3. The first-order valence-corrected chi connectivity index (χ1v) is 11.6. The first-order chi connectivity index (χ1) is 15.6. The second-order valence-electron chi connectivity index (χ2n) is 7.66. The zero-order valence-corrected chi connectivity index (χ0v) is 22.0. The molecule has 0 bridgehead atoms. The van der Waals surface area contributed by atoms with Gasteiger partial charge in [0.05, 0.1) is 5.69 Å². The first kappa shape index (κ1) is 27.6. The van der Waals surface area contributed by atoms with Crippen LogP contribution in [0.25, 0.3) is 0 Å². The van der Waals surface area contributed by atoms with Crippen LogP contribution >= 0.6 is 39.7 Å². The Morgan fingerprint density at radius 1 is 1.24 bits per heavy atom. The van der Waals surface area contributed by atoms with Crippen LogP contribution in [0.5, 0.6) is 0 Å². The molecule has 0 spiro atoms. The maximum absolute atomic E-state index is 12.8. The average molecular weight is 575 g/mol. The molecular weight excluding hydrogens is 550 g/mol. The number of likely N-dealkylation sites (N-methyl/N-ethyl adjacent to an activating group) is 2. The van der Waals surface area contributed by atoms with E-state index >= 15 is 0 Å². The lowest BCUT2D eigenvalue weighted by atomic mass is 10.2. The monoisotopic (exact) mass is 573 g/mol. The highest BCUT2D eigenvalue weighted by molar-refractivity contribution is 9.10. The molecule has 0 fully saturated rings. The standard InChI is InChI=1S/C20H24BrN7O4S.ClH/c1-27(2)20(32)13(9-23-16(29)17(30)26-15-5-4-11(21)8-22-15)24-18(31)19-25-12-6-7-28(3)10-14(12)33-19;/h4-5,8,13H,6-7,9-10H2,1-3H3,(H,23,29)(H,24,31)(H,22,26,30);1H/t13-;/m0./s1. The number of carbonyl (C=O) groups is 4. The van der Waals surface area contributed by atoms with E-state index < -0.39 is 29.7 Å². The van der Waals surface area contributed by atoms with E-state index in [1.54, 1.807) is 6.07 Å². The summed E-state index contributed by atoms with van der Waals surface area (Å²) in [6.07, 6.45) is 2.23. The van der Waals surface area contributed by atoms with Gasteiger partial charge in [-0.25, -0.2) is 9.97 Å². The number of nitrogens with zero attached hydrogens (tertiary/aromatic N) is 4. The van der Waals surface area contributed by atoms with E-state index in [0.717, 1.165) is 34.6 Å². The van der Waals surface area contributed by atoms with Gasteiger partial charge in [0.1, 0.15) is 11.9 Å². The largest absolute Gasteiger partial charge is 0.347 e. The second kappa shape index (κ2) is 12.2. The molecule has 184 valence electrons. The molecule has 0 radical (unpaired) electrons. The van der Waals surface area contributed by atoms with Gasteiger partial charge < -0.3 is 25.8 Å². The third-order valence-electron chi connectivity index (χ3n) is 4.80. The van der Waals surface area contributed by atoms with Gasteiger partial charge in [-0.1, -0.05) is 0 Å². The van der Waals surface area contributed by atoms with Crippen LogP contribution in [-0.2, 0) is 27.3 Å². The molecule has 0 saturated carbocycles. The van der Waals surface area contributed by atoms with Gasteiger partial charge in [-0.05, 0) is 35.1 Å². The molecular formula is C20H25BrClN7O4S. The Bertz CT molecular complexity index is 1060. The van der Waals surface area contributed by atoms with Crippen molar-refractivity contribution in [2.75, 3.05) is 39.5 Å². The van der Waals surface area contributed by atoms with Crippen LogP contribution in [0.3, 0.4) is 0 Å². The van der Waals surface area contributed by atoms with Gasteiger partial charge in [0, 0.05) is 55.7 Å². The number of halogens is 2. The number of nitrogens with one attached hydrogen (secondary N) is 3. The van der Waals surface area contributed by atoms with Crippen LogP contribution < -0.4 is 16.0 Å². The van der Waals surface area contributed by atoms with Crippen molar-refractivity contribution in [1.29, 1.82) is 0 Å². The molecule has 3 N–H and O–H groups in total. The number of fused-ring (bicyclic) bond motifs is 1. The number of amides is 4. The molecule has 34 heavy (non-hydrogen) atoms. The Kier molecular flexibility index (Phi) is 9.91. The summed E-state index contributed by atoms with van der Waals surface area (Å²) in [5, 5.41) is 7.64. The van der Waals surface area contributed by atoms with Gasteiger partial charge in [-0.2, -0.15) is 0 Å². The third kappa shape index (κ3) is 7.19. The zero-order valence-electron chi connectivity index (χ0n) is 18.8. The molecule has 0 aliphatic carbocycles. The summed E-state index contributed by atoms with van der Waals surface area (Å²) in [6, 6.07) is 2.12. The molecule has 3 rings (SSSR count). The molecule has 1 aliphatic heterocycles. The molecule has 1 aliphatic rings. The number of aromatic nitrogens is 2. The van der Waals surface area contributed by atoms with Crippen LogP contribution in [0.1, 0.15) is 20.4 Å². The van der Waals surface area contributed by atoms with Crippen molar-refractivity contribution in [3.8, 4) is 0 Å². The highest BCUT2D eigenvalue weighted by Crippen LogP contribution is 2.24. The van der Waals surface area contributed by atoms with E-state index in [4.69, 9.17) is 0 Å². The summed E-state index contributed by atoms with van der Waals surface area (Å²) in [6.45, 7) is 1.32. The van der Waals surface area contributed by atoms with Gasteiger partial charge in [0.2, 0.25) is 5.91 Å². The number of rotatable bonds is 6. The fraction of sp³-hybridized carbons (Fsp3) is 0.400. The highest BCUT2D eigenvalue weighted by Gasteiger charge is 2.27. The predicted octanol–water partition coefficient (Wildman–Crippen LogP) is 0.652. The molecule has 2 aromatic rings. The molecule has 14 heteroatoms. The van der Waals surface area contributed by atoms with Gasteiger partial charge >= 0.3 is 11.8 Å². The van der Waals surface area contributed by atoms with Crippen LogP contribution in [0, 0.1) is 0 Å². The normalized spacial score (nSPS) is 13.6. The molecule has 1 atom stereocenters. The quantitative estimate of drug-likeness (QED) is 0.431. The summed E-state index contributed by atoms with van der Waals surface area (Å²) in [7, 11) is 5.07. The van der Waals surface area contributed by atoms with Crippen molar-refractivity contribution in [1.82, 2.24) is 30.4 Å². The number of thiazole rings is 1. The summed E-state index contributed by atoms with van der Waals surface area (Å²) in [5.74, 6) is -2.64. The van der Waals surface area contributed by atoms with Crippen molar-refractivity contribution in [2.45, 2.75) is 19.0 Å². The van der Waals surface area contributed by atoms with Crippen molar-refractivity contribution in [3.63, 3.8) is 0 Å². The van der Waals surface area contributed by atoms with Crippen LogP contribution in [0.2, 0.25) is 0 Å². The van der Waals surface area contributed by atoms with E-state index in [2.05, 4.69) is 46.7 Å². The summed E-state index contributed by atoms with van der Waals surface area (Å²) >= 11 is 4.52. The fourth-order valence-corrected chi connectivity index (χ4v) is 4.38. The Labute approximate surface area is 215 Å². The van der Waals surface area contributed by atoms with Crippen LogP contribution in [0.15, 0.2) is 22.8 Å². The Morgan fingerprint density at radius 2 is 1.97 bits per heavy atom. The summed E-state index contributed by atoms with van der Waals surface area (Å²) < 4.78 is 0.721.